The maximum absolute atomic E-state index is 12.7. The number of carbonyl (C=O) groups is 1. The van der Waals surface area contributed by atoms with Crippen molar-refractivity contribution in [1.29, 1.82) is 0 Å². The maximum Gasteiger partial charge on any atom is 0.224 e. The number of anilines is 1. The Morgan fingerprint density at radius 2 is 2.04 bits per heavy atom. The van der Waals surface area contributed by atoms with Crippen LogP contribution in [0.1, 0.15) is 12.2 Å². The largest absolute Gasteiger partial charge is 0.384 e. The molecule has 0 saturated carbocycles. The summed E-state index contributed by atoms with van der Waals surface area (Å²) in [6.07, 6.45) is 1.05. The van der Waals surface area contributed by atoms with Gasteiger partial charge in [-0.1, -0.05) is 18.2 Å². The highest BCUT2D eigenvalue weighted by atomic mass is 16.5. The number of para-hydroxylation sites is 1. The summed E-state index contributed by atoms with van der Waals surface area (Å²) in [6, 6.07) is 7.88. The van der Waals surface area contributed by atoms with Gasteiger partial charge in [0.15, 0.2) is 5.82 Å². The number of benzene rings is 1. The number of nitrogens with zero attached hydrogens (tertiary/aromatic N) is 4. The Kier molecular flexibility index (Phi) is 5.40. The summed E-state index contributed by atoms with van der Waals surface area (Å²) in [5, 5.41) is 0.988. The standard InChI is InChI=1S/C20H25N5O3/c1-27-11-7-16-23-18-19(14-4-2-3-5-15(14)22-20(18)21)25(16)8-6-17(26)24-9-12-28-13-10-24/h2-5H,6-13H2,1H3,(H2,21,22). The third-order valence-electron chi connectivity index (χ3n) is 5.13. The number of methoxy groups -OCH3 is 1. The highest BCUT2D eigenvalue weighted by Crippen LogP contribution is 2.29. The van der Waals surface area contributed by atoms with E-state index in [2.05, 4.69) is 9.55 Å². The molecule has 0 spiro atoms. The average molecular weight is 383 g/mol. The first-order chi connectivity index (χ1) is 13.7. The molecular weight excluding hydrogens is 358 g/mol. The summed E-state index contributed by atoms with van der Waals surface area (Å²) in [4.78, 5) is 23.8. The number of rotatable bonds is 6. The van der Waals surface area contributed by atoms with Crippen LogP contribution in [-0.4, -0.2) is 65.4 Å². The summed E-state index contributed by atoms with van der Waals surface area (Å²) < 4.78 is 12.7. The van der Waals surface area contributed by atoms with Crippen LogP contribution in [0.25, 0.3) is 21.9 Å². The topological polar surface area (TPSA) is 95.5 Å². The van der Waals surface area contributed by atoms with E-state index in [4.69, 9.17) is 20.2 Å². The summed E-state index contributed by atoms with van der Waals surface area (Å²) in [5.74, 6) is 1.40. The zero-order valence-electron chi connectivity index (χ0n) is 16.1. The fourth-order valence-corrected chi connectivity index (χ4v) is 3.71. The van der Waals surface area contributed by atoms with E-state index in [9.17, 15) is 4.79 Å². The van der Waals surface area contributed by atoms with Crippen LogP contribution in [-0.2, 0) is 27.2 Å². The predicted molar refractivity (Wildman–Crippen MR) is 107 cm³/mol. The lowest BCUT2D eigenvalue weighted by Gasteiger charge is -2.27. The summed E-state index contributed by atoms with van der Waals surface area (Å²) in [7, 11) is 1.67. The van der Waals surface area contributed by atoms with Gasteiger partial charge in [0.05, 0.1) is 30.9 Å². The van der Waals surface area contributed by atoms with Crippen LogP contribution >= 0.6 is 0 Å². The molecule has 1 aliphatic rings. The number of ether oxygens (including phenoxy) is 2. The second-order valence-corrected chi connectivity index (χ2v) is 6.88. The van der Waals surface area contributed by atoms with Gasteiger partial charge in [-0.25, -0.2) is 9.97 Å². The Labute approximate surface area is 163 Å². The number of carbonyl (C=O) groups excluding carboxylic acids is 1. The Morgan fingerprint density at radius 1 is 1.25 bits per heavy atom. The third-order valence-corrected chi connectivity index (χ3v) is 5.13. The van der Waals surface area contributed by atoms with Crippen LogP contribution < -0.4 is 5.73 Å². The molecule has 0 radical (unpaired) electrons. The number of hydrogen-bond acceptors (Lipinski definition) is 6. The molecule has 8 nitrogen and oxygen atoms in total. The number of fused-ring (bicyclic) bond motifs is 3. The van der Waals surface area contributed by atoms with Crippen molar-refractivity contribution in [3.63, 3.8) is 0 Å². The van der Waals surface area contributed by atoms with Crippen molar-refractivity contribution in [3.8, 4) is 0 Å². The summed E-state index contributed by atoms with van der Waals surface area (Å²) in [5.41, 5.74) is 8.64. The van der Waals surface area contributed by atoms with E-state index < -0.39 is 0 Å². The normalized spacial score (nSPS) is 14.8. The van der Waals surface area contributed by atoms with E-state index in [1.54, 1.807) is 7.11 Å². The van der Waals surface area contributed by atoms with Crippen molar-refractivity contribution >= 4 is 33.7 Å². The van der Waals surface area contributed by atoms with Gasteiger partial charge in [0, 0.05) is 45.0 Å². The zero-order valence-corrected chi connectivity index (χ0v) is 16.1. The van der Waals surface area contributed by atoms with Gasteiger partial charge in [-0.3, -0.25) is 4.79 Å². The Balaban J connectivity index is 1.72. The van der Waals surface area contributed by atoms with E-state index in [0.29, 0.717) is 63.6 Å². The minimum Gasteiger partial charge on any atom is -0.384 e. The lowest BCUT2D eigenvalue weighted by atomic mass is 10.2. The van der Waals surface area contributed by atoms with Gasteiger partial charge in [0.2, 0.25) is 5.91 Å². The van der Waals surface area contributed by atoms with Crippen LogP contribution in [0.4, 0.5) is 5.82 Å². The molecule has 28 heavy (non-hydrogen) atoms. The van der Waals surface area contributed by atoms with E-state index >= 15 is 0 Å². The highest BCUT2D eigenvalue weighted by Gasteiger charge is 2.20. The average Bonchev–Trinajstić information content (AvgIpc) is 3.10. The third kappa shape index (κ3) is 3.53. The SMILES string of the molecule is COCCc1nc2c(N)nc3ccccc3c2n1CCC(=O)N1CCOCC1. The molecule has 148 valence electrons. The minimum atomic E-state index is 0.133. The number of nitrogens with two attached hydrogens (primary N) is 1. The summed E-state index contributed by atoms with van der Waals surface area (Å²) in [6.45, 7) is 3.60. The van der Waals surface area contributed by atoms with Crippen molar-refractivity contribution in [2.24, 2.45) is 0 Å². The first-order valence-corrected chi connectivity index (χ1v) is 9.57. The van der Waals surface area contributed by atoms with Crippen LogP contribution in [0.2, 0.25) is 0 Å². The molecule has 1 saturated heterocycles. The Morgan fingerprint density at radius 3 is 2.82 bits per heavy atom. The number of imidazole rings is 1. The molecule has 2 N–H and O–H groups in total. The first-order valence-electron chi connectivity index (χ1n) is 9.57. The van der Waals surface area contributed by atoms with Gasteiger partial charge in [-0.05, 0) is 6.07 Å². The van der Waals surface area contributed by atoms with Crippen molar-refractivity contribution in [2.75, 3.05) is 45.8 Å². The molecule has 0 aliphatic carbocycles. The number of nitrogen functional groups attached to an aromatic ring is 1. The minimum absolute atomic E-state index is 0.133. The van der Waals surface area contributed by atoms with Crippen molar-refractivity contribution < 1.29 is 14.3 Å². The number of aryl methyl sites for hydroxylation is 1. The molecule has 3 aromatic rings. The molecule has 4 rings (SSSR count). The van der Waals surface area contributed by atoms with E-state index in [0.717, 1.165) is 22.2 Å². The molecule has 2 aromatic heterocycles. The Bertz CT molecular complexity index is 994. The second kappa shape index (κ2) is 8.12. The molecular formula is C20H25N5O3. The number of morpholine rings is 1. The number of aromatic nitrogens is 3. The van der Waals surface area contributed by atoms with Crippen molar-refractivity contribution in [3.05, 3.63) is 30.1 Å². The van der Waals surface area contributed by atoms with Gasteiger partial charge in [-0.2, -0.15) is 0 Å². The van der Waals surface area contributed by atoms with Gasteiger partial charge >= 0.3 is 0 Å². The van der Waals surface area contributed by atoms with Crippen LogP contribution in [0.15, 0.2) is 24.3 Å². The number of pyridine rings is 1. The molecule has 1 aromatic carbocycles. The molecule has 1 amide bonds. The molecule has 1 fully saturated rings. The van der Waals surface area contributed by atoms with Crippen LogP contribution in [0.5, 0.6) is 0 Å². The molecule has 1 aliphatic heterocycles. The second-order valence-electron chi connectivity index (χ2n) is 6.88. The van der Waals surface area contributed by atoms with Gasteiger partial charge in [0.1, 0.15) is 11.3 Å². The molecule has 8 heteroatoms. The smallest absolute Gasteiger partial charge is 0.224 e. The number of hydrogen-bond donors (Lipinski definition) is 1. The van der Waals surface area contributed by atoms with Crippen LogP contribution in [0.3, 0.4) is 0 Å². The molecule has 0 unspecified atom stereocenters. The van der Waals surface area contributed by atoms with Crippen molar-refractivity contribution in [1.82, 2.24) is 19.4 Å². The summed E-state index contributed by atoms with van der Waals surface area (Å²) >= 11 is 0. The maximum atomic E-state index is 12.7. The molecule has 0 bridgehead atoms. The highest BCUT2D eigenvalue weighted by molar-refractivity contribution is 6.06. The van der Waals surface area contributed by atoms with Crippen molar-refractivity contribution in [2.45, 2.75) is 19.4 Å². The number of amides is 1. The predicted octanol–water partition coefficient (Wildman–Crippen LogP) is 1.60. The van der Waals surface area contributed by atoms with Crippen LogP contribution in [0, 0.1) is 0 Å². The quantitative estimate of drug-likeness (QED) is 0.695. The zero-order chi connectivity index (χ0) is 19.5. The van der Waals surface area contributed by atoms with E-state index in [1.165, 1.54) is 0 Å². The molecule has 3 heterocycles. The lowest BCUT2D eigenvalue weighted by molar-refractivity contribution is -0.135. The van der Waals surface area contributed by atoms with E-state index in [-0.39, 0.29) is 5.91 Å². The van der Waals surface area contributed by atoms with Gasteiger partial charge in [0.25, 0.3) is 0 Å². The first kappa shape index (κ1) is 18.6. The van der Waals surface area contributed by atoms with E-state index in [1.807, 2.05) is 29.2 Å². The Hall–Kier alpha value is -2.71. The fraction of sp³-hybridized carbons (Fsp3) is 0.450. The van der Waals surface area contributed by atoms with Gasteiger partial charge < -0.3 is 24.7 Å². The lowest BCUT2D eigenvalue weighted by Crippen LogP contribution is -2.41. The molecule has 0 atom stereocenters. The fourth-order valence-electron chi connectivity index (χ4n) is 3.71. The van der Waals surface area contributed by atoms with Gasteiger partial charge in [-0.15, -0.1) is 0 Å². The monoisotopic (exact) mass is 383 g/mol.